The fraction of sp³-hybridized carbons (Fsp3) is 0.111. The number of nitrogen functional groups attached to an aromatic ring is 1. The third-order valence-electron chi connectivity index (χ3n) is 9.23. The van der Waals surface area contributed by atoms with Crippen molar-refractivity contribution in [3.63, 3.8) is 0 Å². The van der Waals surface area contributed by atoms with Gasteiger partial charge >= 0.3 is 0 Å². The number of aliphatic imine (C=N–C) groups is 1. The summed E-state index contributed by atoms with van der Waals surface area (Å²) >= 11 is 0. The normalized spacial score (nSPS) is 12.9. The lowest BCUT2D eigenvalue weighted by Crippen LogP contribution is -2.27. The van der Waals surface area contributed by atoms with Crippen LogP contribution in [0.15, 0.2) is 169 Å². The van der Waals surface area contributed by atoms with Crippen LogP contribution in [0.1, 0.15) is 48.6 Å². The number of para-hydroxylation sites is 2. The molecule has 0 aliphatic rings. The Bertz CT molecular complexity index is 2320. The first-order chi connectivity index (χ1) is 24.4. The van der Waals surface area contributed by atoms with Gasteiger partial charge in [0.2, 0.25) is 0 Å². The fourth-order valence-electron chi connectivity index (χ4n) is 6.75. The molecule has 5 nitrogen and oxygen atoms in total. The van der Waals surface area contributed by atoms with E-state index >= 15 is 0 Å². The number of nitrogens with one attached hydrogen (secondary N) is 1. The van der Waals surface area contributed by atoms with E-state index in [1.807, 2.05) is 55.5 Å². The minimum absolute atomic E-state index is 0.0949. The van der Waals surface area contributed by atoms with Gasteiger partial charge in [0, 0.05) is 22.6 Å². The lowest BCUT2D eigenvalue weighted by atomic mass is 9.93. The van der Waals surface area contributed by atoms with Gasteiger partial charge in [-0.15, -0.1) is 0 Å². The molecule has 1 aromatic heterocycles. The SMILES string of the molecule is C=C(C)C(NC(/N=C(\C)c1ccccc1)c1ccccc1-c1cccc(-c2ccc(-n3c(C)nc4ccccc43)cc2N)c1)c1ccccc1. The van der Waals surface area contributed by atoms with E-state index in [-0.39, 0.29) is 12.2 Å². The number of nitrogens with two attached hydrogens (primary N) is 1. The van der Waals surface area contributed by atoms with Crippen molar-refractivity contribution in [2.45, 2.75) is 33.0 Å². The number of benzene rings is 6. The van der Waals surface area contributed by atoms with E-state index in [1.54, 1.807) is 0 Å². The summed E-state index contributed by atoms with van der Waals surface area (Å²) in [4.78, 5) is 10.1. The summed E-state index contributed by atoms with van der Waals surface area (Å²) in [5.41, 5.74) is 20.0. The van der Waals surface area contributed by atoms with Gasteiger partial charge in [0.25, 0.3) is 0 Å². The summed E-state index contributed by atoms with van der Waals surface area (Å²) in [6.45, 7) is 10.5. The lowest BCUT2D eigenvalue weighted by Gasteiger charge is -2.27. The first-order valence-electron chi connectivity index (χ1n) is 17.0. The molecule has 0 radical (unpaired) electrons. The summed E-state index contributed by atoms with van der Waals surface area (Å²) in [5, 5.41) is 3.87. The molecular weight excluding hydrogens is 611 g/mol. The van der Waals surface area contributed by atoms with Gasteiger partial charge in [-0.1, -0.05) is 133 Å². The minimum atomic E-state index is -0.352. The third-order valence-corrected chi connectivity index (χ3v) is 9.23. The van der Waals surface area contributed by atoms with Crippen molar-refractivity contribution >= 4 is 22.4 Å². The molecular formula is C45H41N5. The van der Waals surface area contributed by atoms with E-state index in [1.165, 1.54) is 0 Å². The summed E-state index contributed by atoms with van der Waals surface area (Å²) in [6.07, 6.45) is -0.352. The van der Waals surface area contributed by atoms with Crippen molar-refractivity contribution in [2.75, 3.05) is 5.73 Å². The number of hydrogen-bond donors (Lipinski definition) is 2. The highest BCUT2D eigenvalue weighted by molar-refractivity contribution is 5.99. The van der Waals surface area contributed by atoms with E-state index in [0.29, 0.717) is 5.69 Å². The monoisotopic (exact) mass is 651 g/mol. The van der Waals surface area contributed by atoms with Crippen LogP contribution in [0.5, 0.6) is 0 Å². The summed E-state index contributed by atoms with van der Waals surface area (Å²) < 4.78 is 2.15. The molecule has 0 saturated heterocycles. The van der Waals surface area contributed by atoms with Crippen LogP contribution in [0.2, 0.25) is 0 Å². The molecule has 0 saturated carbocycles. The van der Waals surface area contributed by atoms with Gasteiger partial charge in [-0.25, -0.2) is 4.98 Å². The summed E-state index contributed by atoms with van der Waals surface area (Å²) in [7, 11) is 0. The number of aromatic nitrogens is 2. The van der Waals surface area contributed by atoms with Crippen LogP contribution in [0.4, 0.5) is 5.69 Å². The maximum absolute atomic E-state index is 6.80. The summed E-state index contributed by atoms with van der Waals surface area (Å²) in [6, 6.07) is 52.3. The van der Waals surface area contributed by atoms with Crippen LogP contribution in [-0.2, 0) is 0 Å². The van der Waals surface area contributed by atoms with Crippen LogP contribution in [0, 0.1) is 6.92 Å². The molecule has 0 spiro atoms. The Morgan fingerprint density at radius 3 is 2.12 bits per heavy atom. The van der Waals surface area contributed by atoms with Crippen molar-refractivity contribution in [2.24, 2.45) is 4.99 Å². The molecule has 246 valence electrons. The molecule has 0 fully saturated rings. The molecule has 50 heavy (non-hydrogen) atoms. The first-order valence-corrected chi connectivity index (χ1v) is 17.0. The average Bonchev–Trinajstić information content (AvgIpc) is 3.49. The van der Waals surface area contributed by atoms with Gasteiger partial charge in [0.15, 0.2) is 0 Å². The van der Waals surface area contributed by atoms with Crippen molar-refractivity contribution in [3.05, 3.63) is 186 Å². The number of fused-ring (bicyclic) bond motifs is 1. The van der Waals surface area contributed by atoms with Gasteiger partial charge in [0.1, 0.15) is 12.0 Å². The van der Waals surface area contributed by atoms with Gasteiger partial charge in [-0.05, 0) is 84.5 Å². The van der Waals surface area contributed by atoms with Crippen molar-refractivity contribution in [1.29, 1.82) is 0 Å². The minimum Gasteiger partial charge on any atom is -0.398 e. The maximum Gasteiger partial charge on any atom is 0.127 e. The second-order valence-corrected chi connectivity index (χ2v) is 12.8. The Morgan fingerprint density at radius 1 is 0.720 bits per heavy atom. The molecule has 2 atom stereocenters. The molecule has 0 aliphatic carbocycles. The highest BCUT2D eigenvalue weighted by Crippen LogP contribution is 2.36. The number of imidazole rings is 1. The Morgan fingerprint density at radius 2 is 1.38 bits per heavy atom. The van der Waals surface area contributed by atoms with E-state index in [0.717, 1.165) is 72.8 Å². The van der Waals surface area contributed by atoms with E-state index < -0.39 is 0 Å². The second kappa shape index (κ2) is 14.2. The maximum atomic E-state index is 6.80. The highest BCUT2D eigenvalue weighted by Gasteiger charge is 2.22. The number of aryl methyl sites for hydroxylation is 1. The fourth-order valence-corrected chi connectivity index (χ4v) is 6.75. The number of anilines is 1. The molecule has 2 unspecified atom stereocenters. The standard InChI is InChI=1S/C45H41N5/c1-30(2)44(34-18-9-6-10-19-34)49-45(47-31(3)33-16-7-5-8-17-33)40-23-12-11-22-38(40)35-20-15-21-36(28-35)39-27-26-37(29-41(39)46)50-32(4)48-42-24-13-14-25-43(42)50/h5-29,44-45,49H,1,46H2,2-4H3/b47-31+. The van der Waals surface area contributed by atoms with Gasteiger partial charge < -0.3 is 5.73 Å². The molecule has 7 rings (SSSR count). The Hall–Kier alpha value is -6.04. The molecule has 6 aromatic carbocycles. The van der Waals surface area contributed by atoms with E-state index in [2.05, 4.69) is 133 Å². The molecule has 0 bridgehead atoms. The van der Waals surface area contributed by atoms with E-state index in [4.69, 9.17) is 15.7 Å². The Kier molecular flexibility index (Phi) is 9.24. The van der Waals surface area contributed by atoms with Crippen molar-refractivity contribution in [1.82, 2.24) is 14.9 Å². The Balaban J connectivity index is 1.29. The Labute approximate surface area is 294 Å². The predicted molar refractivity (Wildman–Crippen MR) is 210 cm³/mol. The van der Waals surface area contributed by atoms with Crippen LogP contribution in [-0.4, -0.2) is 15.3 Å². The molecule has 7 aromatic rings. The number of rotatable bonds is 10. The molecule has 0 amide bonds. The van der Waals surface area contributed by atoms with Crippen molar-refractivity contribution in [3.8, 4) is 27.9 Å². The molecule has 0 aliphatic heterocycles. The van der Waals surface area contributed by atoms with Crippen LogP contribution < -0.4 is 11.1 Å². The lowest BCUT2D eigenvalue weighted by molar-refractivity contribution is 0.497. The molecule has 5 heteroatoms. The average molecular weight is 652 g/mol. The van der Waals surface area contributed by atoms with Gasteiger partial charge in [-0.3, -0.25) is 14.9 Å². The van der Waals surface area contributed by atoms with Gasteiger partial charge in [0.05, 0.1) is 17.1 Å². The highest BCUT2D eigenvalue weighted by atomic mass is 15.1. The molecule has 3 N–H and O–H groups in total. The van der Waals surface area contributed by atoms with Crippen LogP contribution in [0.25, 0.3) is 39.0 Å². The summed E-state index contributed by atoms with van der Waals surface area (Å²) in [5.74, 6) is 0.923. The van der Waals surface area contributed by atoms with Gasteiger partial charge in [-0.2, -0.15) is 0 Å². The third kappa shape index (κ3) is 6.64. The number of nitrogens with zero attached hydrogens (tertiary/aromatic N) is 3. The van der Waals surface area contributed by atoms with Crippen LogP contribution in [0.3, 0.4) is 0 Å². The predicted octanol–water partition coefficient (Wildman–Crippen LogP) is 10.7. The second-order valence-electron chi connectivity index (χ2n) is 12.8. The topological polar surface area (TPSA) is 68.2 Å². The van der Waals surface area contributed by atoms with Crippen molar-refractivity contribution < 1.29 is 0 Å². The zero-order chi connectivity index (χ0) is 34.6. The largest absolute Gasteiger partial charge is 0.398 e. The van der Waals surface area contributed by atoms with Crippen LogP contribution >= 0.6 is 0 Å². The first kappa shape index (κ1) is 32.5. The van der Waals surface area contributed by atoms with E-state index in [9.17, 15) is 0 Å². The number of hydrogen-bond acceptors (Lipinski definition) is 4. The zero-order valence-electron chi connectivity index (χ0n) is 28.7. The zero-order valence-corrected chi connectivity index (χ0v) is 28.7. The smallest absolute Gasteiger partial charge is 0.127 e. The quantitative estimate of drug-likeness (QED) is 0.0878. The molecule has 1 heterocycles.